The van der Waals surface area contributed by atoms with Gasteiger partial charge in [-0.2, -0.15) is 0 Å². The summed E-state index contributed by atoms with van der Waals surface area (Å²) in [6.45, 7) is 3.00. The summed E-state index contributed by atoms with van der Waals surface area (Å²) in [5.74, 6) is -1.27. The zero-order valence-electron chi connectivity index (χ0n) is 11.7. The predicted octanol–water partition coefficient (Wildman–Crippen LogP) is 3.34. The van der Waals surface area contributed by atoms with Crippen LogP contribution in [0.3, 0.4) is 0 Å². The number of halogens is 1. The van der Waals surface area contributed by atoms with E-state index in [9.17, 15) is 14.0 Å². The first kappa shape index (κ1) is 14.7. The van der Waals surface area contributed by atoms with Gasteiger partial charge in [0, 0.05) is 18.3 Å². The van der Waals surface area contributed by atoms with Crippen LogP contribution in [0, 0.1) is 12.7 Å². The van der Waals surface area contributed by atoms with Gasteiger partial charge < -0.3 is 10.6 Å². The Labute approximate surface area is 122 Å². The van der Waals surface area contributed by atoms with Gasteiger partial charge in [0.15, 0.2) is 0 Å². The molecule has 0 aliphatic carbocycles. The van der Waals surface area contributed by atoms with Crippen molar-refractivity contribution in [2.75, 3.05) is 10.6 Å². The summed E-state index contributed by atoms with van der Waals surface area (Å²) >= 11 is 0. The molecule has 0 aliphatic rings. The van der Waals surface area contributed by atoms with Gasteiger partial charge in [-0.1, -0.05) is 18.2 Å². The van der Waals surface area contributed by atoms with E-state index in [1.807, 2.05) is 0 Å². The highest BCUT2D eigenvalue weighted by Crippen LogP contribution is 2.18. The van der Waals surface area contributed by atoms with Gasteiger partial charge in [-0.15, -0.1) is 0 Å². The number of aryl methyl sites for hydroxylation is 1. The van der Waals surface area contributed by atoms with Crippen LogP contribution in [-0.4, -0.2) is 11.8 Å². The maximum Gasteiger partial charge on any atom is 0.258 e. The topological polar surface area (TPSA) is 58.2 Å². The number of carbonyl (C=O) groups excluding carboxylic acids is 2. The molecule has 0 unspecified atom stereocenters. The minimum absolute atomic E-state index is 0.0140. The molecule has 2 amide bonds. The first-order chi connectivity index (χ1) is 9.97. The number of hydrogen-bond acceptors (Lipinski definition) is 2. The summed E-state index contributed by atoms with van der Waals surface area (Å²) in [5, 5.41) is 5.22. The minimum atomic E-state index is -0.534. The number of anilines is 2. The van der Waals surface area contributed by atoms with Gasteiger partial charge in [-0.25, -0.2) is 4.39 Å². The van der Waals surface area contributed by atoms with Gasteiger partial charge in [0.1, 0.15) is 5.82 Å². The Bertz CT molecular complexity index is 698. The fourth-order valence-corrected chi connectivity index (χ4v) is 1.90. The Morgan fingerprint density at radius 1 is 1.00 bits per heavy atom. The molecule has 2 rings (SSSR count). The van der Waals surface area contributed by atoms with Crippen molar-refractivity contribution in [2.45, 2.75) is 13.8 Å². The molecule has 0 heterocycles. The van der Waals surface area contributed by atoms with E-state index in [2.05, 4.69) is 10.6 Å². The van der Waals surface area contributed by atoms with E-state index in [4.69, 9.17) is 0 Å². The molecule has 2 N–H and O–H groups in total. The van der Waals surface area contributed by atoms with Crippen LogP contribution in [0.1, 0.15) is 22.8 Å². The summed E-state index contributed by atoms with van der Waals surface area (Å²) in [4.78, 5) is 23.1. The number of benzene rings is 2. The van der Waals surface area contributed by atoms with Gasteiger partial charge in [0.25, 0.3) is 5.91 Å². The summed E-state index contributed by atoms with van der Waals surface area (Å²) in [6, 6.07) is 11.3. The van der Waals surface area contributed by atoms with E-state index in [1.54, 1.807) is 43.3 Å². The quantitative estimate of drug-likeness (QED) is 0.909. The molecular weight excluding hydrogens is 271 g/mol. The molecule has 5 heteroatoms. The average molecular weight is 286 g/mol. The molecule has 21 heavy (non-hydrogen) atoms. The third kappa shape index (κ3) is 3.66. The molecule has 0 saturated heterocycles. The lowest BCUT2D eigenvalue weighted by Crippen LogP contribution is -2.14. The normalized spacial score (nSPS) is 10.0. The molecule has 4 nitrogen and oxygen atoms in total. The second-order valence-corrected chi connectivity index (χ2v) is 4.65. The molecule has 0 saturated carbocycles. The molecule has 0 fully saturated rings. The number of nitrogens with one attached hydrogen (secondary N) is 2. The Morgan fingerprint density at radius 2 is 1.62 bits per heavy atom. The van der Waals surface area contributed by atoms with E-state index in [-0.39, 0.29) is 11.5 Å². The highest BCUT2D eigenvalue weighted by atomic mass is 19.1. The summed E-state index contributed by atoms with van der Waals surface area (Å²) in [5.41, 5.74) is 1.44. The molecule has 0 bridgehead atoms. The van der Waals surface area contributed by atoms with Gasteiger partial charge in [-0.05, 0) is 36.8 Å². The Morgan fingerprint density at radius 3 is 2.29 bits per heavy atom. The van der Waals surface area contributed by atoms with Crippen LogP contribution in [0.15, 0.2) is 42.5 Å². The fourth-order valence-electron chi connectivity index (χ4n) is 1.90. The van der Waals surface area contributed by atoms with Crippen molar-refractivity contribution in [1.82, 2.24) is 0 Å². The van der Waals surface area contributed by atoms with Crippen LogP contribution >= 0.6 is 0 Å². The molecule has 0 aromatic heterocycles. The second kappa shape index (κ2) is 6.17. The smallest absolute Gasteiger partial charge is 0.258 e. The molecular formula is C16H15FN2O2. The maximum absolute atomic E-state index is 13.9. The van der Waals surface area contributed by atoms with Crippen molar-refractivity contribution < 1.29 is 14.0 Å². The Hall–Kier alpha value is -2.69. The first-order valence-electron chi connectivity index (χ1n) is 6.41. The Kier molecular flexibility index (Phi) is 4.33. The van der Waals surface area contributed by atoms with Gasteiger partial charge >= 0.3 is 0 Å². The molecule has 0 radical (unpaired) electrons. The van der Waals surface area contributed by atoms with Crippen LogP contribution in [-0.2, 0) is 4.79 Å². The third-order valence-corrected chi connectivity index (χ3v) is 2.88. The number of carbonyl (C=O) groups is 2. The summed E-state index contributed by atoms with van der Waals surface area (Å²) < 4.78 is 13.9. The van der Waals surface area contributed by atoms with E-state index >= 15 is 0 Å². The monoisotopic (exact) mass is 286 g/mol. The van der Waals surface area contributed by atoms with E-state index in [0.29, 0.717) is 16.9 Å². The highest BCUT2D eigenvalue weighted by molar-refractivity contribution is 6.05. The van der Waals surface area contributed by atoms with Crippen LogP contribution in [0.4, 0.5) is 15.8 Å². The lowest BCUT2D eigenvalue weighted by molar-refractivity contribution is -0.114. The van der Waals surface area contributed by atoms with E-state index < -0.39 is 11.7 Å². The van der Waals surface area contributed by atoms with E-state index in [1.165, 1.54) is 13.0 Å². The molecule has 0 spiro atoms. The standard InChI is InChI=1S/C16H15FN2O2/c1-10-5-3-8-14(15(10)17)16(21)19-13-7-4-6-12(9-13)18-11(2)20/h3-9H,1-2H3,(H,18,20)(H,19,21). The number of hydrogen-bond donors (Lipinski definition) is 2. The molecule has 108 valence electrons. The van der Waals surface area contributed by atoms with Gasteiger partial charge in [0.2, 0.25) is 5.91 Å². The lowest BCUT2D eigenvalue weighted by Gasteiger charge is -2.09. The van der Waals surface area contributed by atoms with Crippen molar-refractivity contribution >= 4 is 23.2 Å². The van der Waals surface area contributed by atoms with E-state index in [0.717, 1.165) is 0 Å². The predicted molar refractivity (Wildman–Crippen MR) is 79.8 cm³/mol. The molecule has 0 atom stereocenters. The number of rotatable bonds is 3. The van der Waals surface area contributed by atoms with Crippen molar-refractivity contribution in [2.24, 2.45) is 0 Å². The van der Waals surface area contributed by atoms with Crippen LogP contribution in [0.5, 0.6) is 0 Å². The number of amides is 2. The van der Waals surface area contributed by atoms with Gasteiger partial charge in [-0.3, -0.25) is 9.59 Å². The van der Waals surface area contributed by atoms with Crippen LogP contribution in [0.2, 0.25) is 0 Å². The SMILES string of the molecule is CC(=O)Nc1cccc(NC(=O)c2cccc(C)c2F)c1. The summed E-state index contributed by atoms with van der Waals surface area (Å²) in [7, 11) is 0. The van der Waals surface area contributed by atoms with Gasteiger partial charge in [0.05, 0.1) is 5.56 Å². The molecule has 2 aromatic rings. The second-order valence-electron chi connectivity index (χ2n) is 4.65. The molecule has 2 aromatic carbocycles. The average Bonchev–Trinajstić information content (AvgIpc) is 2.41. The van der Waals surface area contributed by atoms with Crippen LogP contribution < -0.4 is 10.6 Å². The third-order valence-electron chi connectivity index (χ3n) is 2.88. The first-order valence-corrected chi connectivity index (χ1v) is 6.41. The van der Waals surface area contributed by atoms with Crippen molar-refractivity contribution in [1.29, 1.82) is 0 Å². The minimum Gasteiger partial charge on any atom is -0.326 e. The largest absolute Gasteiger partial charge is 0.326 e. The molecule has 0 aliphatic heterocycles. The van der Waals surface area contributed by atoms with Crippen molar-refractivity contribution in [3.63, 3.8) is 0 Å². The summed E-state index contributed by atoms with van der Waals surface area (Å²) in [6.07, 6.45) is 0. The fraction of sp³-hybridized carbons (Fsp3) is 0.125. The maximum atomic E-state index is 13.9. The zero-order valence-corrected chi connectivity index (χ0v) is 11.7. The zero-order chi connectivity index (χ0) is 15.4. The Balaban J connectivity index is 2.20. The van der Waals surface area contributed by atoms with Crippen molar-refractivity contribution in [3.05, 3.63) is 59.4 Å². The van der Waals surface area contributed by atoms with Crippen molar-refractivity contribution in [3.8, 4) is 0 Å². The highest BCUT2D eigenvalue weighted by Gasteiger charge is 2.13. The van der Waals surface area contributed by atoms with Crippen LogP contribution in [0.25, 0.3) is 0 Å². The lowest BCUT2D eigenvalue weighted by atomic mass is 10.1.